The molecule has 0 amide bonds. The Balaban J connectivity index is 0.000000264. The van der Waals surface area contributed by atoms with Crippen molar-refractivity contribution in [3.8, 4) is 0 Å². The van der Waals surface area contributed by atoms with Crippen LogP contribution in [0, 0.1) is 83.1 Å². The van der Waals surface area contributed by atoms with Gasteiger partial charge in [-0.3, -0.25) is 0 Å². The molecule has 0 aliphatic heterocycles. The highest BCUT2D eigenvalue weighted by atomic mass is 14.1. The van der Waals surface area contributed by atoms with Gasteiger partial charge in [-0.05, 0) is 265 Å². The third-order valence-corrected chi connectivity index (χ3v) is 18.6. The molecule has 0 nitrogen and oxygen atoms in total. The Morgan fingerprint density at radius 1 is 0.120 bits per heavy atom. The van der Waals surface area contributed by atoms with Crippen molar-refractivity contribution in [1.82, 2.24) is 0 Å². The van der Waals surface area contributed by atoms with Crippen LogP contribution >= 0.6 is 0 Å². The van der Waals surface area contributed by atoms with E-state index in [1.807, 2.05) is 111 Å². The number of hydrogen-bond acceptors (Lipinski definition) is 0. The molecule has 0 fully saturated rings. The standard InChI is InChI=1S/5C16H14.C12H12.8C2H6/c1-11-3-7-15-13(9-11)5-6-14-10-12(2)4-8-16(14)15;1-11-3-5-13-10-16-8-12(2)4-6-14(16)9-15(13)7-11;1-11-13-7-3-5-9-15(13)12(2)16-10-6-4-8-14(11)16;1-11-7-8-12(2)16-10-14-6-4-3-5-13(14)9-15(11)16;1-11-7-8-15-13(9-11)10-12(2)14-5-3-4-6-16(14)15;1-9-7-11-5-3-4-6-12(11)8-10(9)2;8*1-2/h5*3-10H,1-2H3;3-8H,1-2H3;8*1-2H3. The van der Waals surface area contributed by atoms with Gasteiger partial charge in [-0.1, -0.05) is 393 Å². The van der Waals surface area contributed by atoms with Crippen LogP contribution in [0.1, 0.15) is 178 Å². The zero-order valence-electron chi connectivity index (χ0n) is 71.6. The summed E-state index contributed by atoms with van der Waals surface area (Å²) in [5.41, 5.74) is 16.2. The maximum absolute atomic E-state index is 2.30. The Kier molecular flexibility index (Phi) is 38.9. The van der Waals surface area contributed by atoms with Crippen LogP contribution in [0.3, 0.4) is 0 Å². The van der Waals surface area contributed by atoms with Crippen LogP contribution in [0.2, 0.25) is 0 Å². The Labute approximate surface area is 654 Å². The highest BCUT2D eigenvalue weighted by Crippen LogP contribution is 2.34. The quantitative estimate of drug-likeness (QED) is 0.105. The van der Waals surface area contributed by atoms with Crippen LogP contribution in [0.4, 0.5) is 0 Å². The van der Waals surface area contributed by atoms with Crippen molar-refractivity contribution < 1.29 is 0 Å². The predicted molar refractivity (Wildman–Crippen MR) is 499 cm³/mol. The van der Waals surface area contributed by atoms with Gasteiger partial charge in [0.2, 0.25) is 0 Å². The fourth-order valence-electron chi connectivity index (χ4n) is 13.3. The number of rotatable bonds is 0. The van der Waals surface area contributed by atoms with Crippen molar-refractivity contribution in [2.24, 2.45) is 0 Å². The first-order chi connectivity index (χ1) is 52.5. The van der Waals surface area contributed by atoms with E-state index in [0.717, 1.165) is 0 Å². The lowest BCUT2D eigenvalue weighted by Gasteiger charge is -2.11. The molecule has 0 heterocycles. The fraction of sp³-hybridized carbons (Fsp3) is 0.259. The summed E-state index contributed by atoms with van der Waals surface area (Å²) in [6, 6.07) is 101. The van der Waals surface area contributed by atoms with Gasteiger partial charge >= 0.3 is 0 Å². The van der Waals surface area contributed by atoms with Gasteiger partial charge in [0, 0.05) is 0 Å². The summed E-state index contributed by atoms with van der Waals surface area (Å²) >= 11 is 0. The van der Waals surface area contributed by atoms with Crippen molar-refractivity contribution in [2.45, 2.75) is 194 Å². The second-order valence-electron chi connectivity index (χ2n) is 25.6. The van der Waals surface area contributed by atoms with Gasteiger partial charge in [-0.15, -0.1) is 0 Å². The van der Waals surface area contributed by atoms with E-state index in [4.69, 9.17) is 0 Å². The van der Waals surface area contributed by atoms with Crippen LogP contribution in [0.5, 0.6) is 0 Å². The first-order valence-electron chi connectivity index (χ1n) is 40.4. The summed E-state index contributed by atoms with van der Waals surface area (Å²) in [6.45, 7) is 58.0. The number of hydrogen-bond donors (Lipinski definition) is 0. The maximum atomic E-state index is 2.30. The molecule has 0 N–H and O–H groups in total. The summed E-state index contributed by atoms with van der Waals surface area (Å²) in [6.07, 6.45) is 0. The second kappa shape index (κ2) is 46.6. The van der Waals surface area contributed by atoms with Crippen LogP contribution in [0.25, 0.3) is 118 Å². The highest BCUT2D eigenvalue weighted by molar-refractivity contribution is 6.10. The normalized spacial score (nSPS) is 9.85. The Hall–Kier alpha value is -10.4. The zero-order chi connectivity index (χ0) is 80.2. The van der Waals surface area contributed by atoms with E-state index in [0.29, 0.717) is 0 Å². The molecule has 0 radical (unpaired) electrons. The summed E-state index contributed by atoms with van der Waals surface area (Å²) in [7, 11) is 0. The molecule has 0 spiro atoms. The molecule has 0 saturated heterocycles. The van der Waals surface area contributed by atoms with Crippen molar-refractivity contribution in [3.63, 3.8) is 0 Å². The molecule has 17 aromatic carbocycles. The van der Waals surface area contributed by atoms with E-state index in [-0.39, 0.29) is 0 Å². The van der Waals surface area contributed by atoms with Crippen LogP contribution in [-0.4, -0.2) is 0 Å². The van der Waals surface area contributed by atoms with Crippen molar-refractivity contribution in [3.05, 3.63) is 346 Å². The van der Waals surface area contributed by atoms with Crippen molar-refractivity contribution >= 4 is 118 Å². The molecule has 0 unspecified atom stereocenters. The molecule has 108 heavy (non-hydrogen) atoms. The molecule has 562 valence electrons. The minimum atomic E-state index is 1.32. The minimum Gasteiger partial charge on any atom is -0.0683 e. The second-order valence-corrected chi connectivity index (χ2v) is 25.6. The lowest BCUT2D eigenvalue weighted by Crippen LogP contribution is -1.87. The van der Waals surface area contributed by atoms with Gasteiger partial charge in [-0.2, -0.15) is 0 Å². The molecular weight excluding hydrogens is 1300 g/mol. The van der Waals surface area contributed by atoms with E-state index < -0.39 is 0 Å². The molecular formula is C108H130. The third kappa shape index (κ3) is 23.3. The lowest BCUT2D eigenvalue weighted by molar-refractivity contribution is 1.37. The average molecular weight is 1430 g/mol. The van der Waals surface area contributed by atoms with Gasteiger partial charge in [0.15, 0.2) is 0 Å². The molecule has 0 atom stereocenters. The maximum Gasteiger partial charge on any atom is -0.0103 e. The smallest absolute Gasteiger partial charge is 0.0103 e. The molecule has 0 aromatic heterocycles. The monoisotopic (exact) mass is 1430 g/mol. The zero-order valence-corrected chi connectivity index (χ0v) is 71.6. The molecule has 17 rings (SSSR count). The van der Waals surface area contributed by atoms with Crippen LogP contribution in [-0.2, 0) is 0 Å². The number of fused-ring (bicyclic) bond motifs is 13. The highest BCUT2D eigenvalue weighted by Gasteiger charge is 2.09. The van der Waals surface area contributed by atoms with Gasteiger partial charge < -0.3 is 0 Å². The molecule has 0 aliphatic carbocycles. The molecule has 0 aliphatic rings. The third-order valence-electron chi connectivity index (χ3n) is 18.6. The van der Waals surface area contributed by atoms with Gasteiger partial charge in [0.1, 0.15) is 0 Å². The predicted octanol–water partition coefficient (Wildman–Crippen LogP) is 34.7. The number of benzene rings is 17. The van der Waals surface area contributed by atoms with E-state index >= 15 is 0 Å². The molecule has 0 saturated carbocycles. The minimum absolute atomic E-state index is 1.32. The summed E-state index contributed by atoms with van der Waals surface area (Å²) in [5, 5.41) is 29.6. The van der Waals surface area contributed by atoms with E-state index in [1.54, 1.807) is 0 Å². The van der Waals surface area contributed by atoms with Crippen molar-refractivity contribution in [1.29, 1.82) is 0 Å². The SMILES string of the molecule is CC.CC.CC.CC.CC.CC.CC.CC.Cc1c2ccccc2c(C)c2ccccc12.Cc1cc2ccccc2cc1C.Cc1ccc(C)c2cc3ccccc3cc12.Cc1ccc2c(c1)cc(C)c1ccccc12.Cc1ccc2c(ccc3cc(C)ccc32)c1.Cc1ccc2cc3cc(C)ccc3cc2c1. The van der Waals surface area contributed by atoms with E-state index in [1.165, 1.54) is 185 Å². The Bertz CT molecular complexity index is 5240. The van der Waals surface area contributed by atoms with E-state index in [2.05, 4.69) is 362 Å². The first-order valence-corrected chi connectivity index (χ1v) is 40.4. The Morgan fingerprint density at radius 3 is 0.685 bits per heavy atom. The summed E-state index contributed by atoms with van der Waals surface area (Å²) < 4.78 is 0. The first kappa shape index (κ1) is 90.0. The number of aryl methyl sites for hydroxylation is 12. The topological polar surface area (TPSA) is 0 Å². The lowest BCUT2D eigenvalue weighted by atomic mass is 9.93. The van der Waals surface area contributed by atoms with Crippen LogP contribution < -0.4 is 0 Å². The summed E-state index contributed by atoms with van der Waals surface area (Å²) in [5.74, 6) is 0. The van der Waals surface area contributed by atoms with Crippen molar-refractivity contribution in [2.75, 3.05) is 0 Å². The van der Waals surface area contributed by atoms with Gasteiger partial charge in [0.25, 0.3) is 0 Å². The Morgan fingerprint density at radius 2 is 0.352 bits per heavy atom. The van der Waals surface area contributed by atoms with Crippen LogP contribution in [0.15, 0.2) is 279 Å². The molecule has 17 aromatic rings. The summed E-state index contributed by atoms with van der Waals surface area (Å²) in [4.78, 5) is 0. The fourth-order valence-corrected chi connectivity index (χ4v) is 13.3. The van der Waals surface area contributed by atoms with Gasteiger partial charge in [-0.25, -0.2) is 0 Å². The average Bonchev–Trinajstić information content (AvgIpc) is 0.784. The molecule has 0 bridgehead atoms. The molecule has 0 heteroatoms. The van der Waals surface area contributed by atoms with Gasteiger partial charge in [0.05, 0.1) is 0 Å². The van der Waals surface area contributed by atoms with E-state index in [9.17, 15) is 0 Å². The largest absolute Gasteiger partial charge is 0.0683 e.